The van der Waals surface area contributed by atoms with Crippen molar-refractivity contribution < 1.29 is 0 Å². The van der Waals surface area contributed by atoms with Crippen molar-refractivity contribution in [2.45, 2.75) is 26.3 Å². The Balaban J connectivity index is 2.07. The number of azide groups is 1. The van der Waals surface area contributed by atoms with Crippen LogP contribution < -0.4 is 4.90 Å². The lowest BCUT2D eigenvalue weighted by atomic mass is 9.99. The Bertz CT molecular complexity index is 417. The first-order chi connectivity index (χ1) is 8.29. The third kappa shape index (κ3) is 3.11. The monoisotopic (exact) mass is 231 g/mol. The molecule has 0 N–H and O–H groups in total. The van der Waals surface area contributed by atoms with Crippen molar-refractivity contribution >= 4 is 5.82 Å². The van der Waals surface area contributed by atoms with E-state index in [1.165, 1.54) is 12.8 Å². The summed E-state index contributed by atoms with van der Waals surface area (Å²) in [5.74, 6) is 1.82. The normalized spacial score (nSPS) is 16.6. The molecule has 1 aromatic rings. The van der Waals surface area contributed by atoms with Gasteiger partial charge in [-0.05, 0) is 36.4 Å². The van der Waals surface area contributed by atoms with E-state index in [1.54, 1.807) is 0 Å². The topological polar surface area (TPSA) is 64.9 Å². The van der Waals surface area contributed by atoms with Gasteiger partial charge in [0.2, 0.25) is 0 Å². The maximum Gasteiger partial charge on any atom is 0.128 e. The summed E-state index contributed by atoms with van der Waals surface area (Å²) in [7, 11) is 0. The first-order valence-electron chi connectivity index (χ1n) is 6.01. The highest BCUT2D eigenvalue weighted by atomic mass is 15.2. The third-order valence-electron chi connectivity index (χ3n) is 3.20. The largest absolute Gasteiger partial charge is 0.357 e. The molecule has 0 saturated carbocycles. The SMILES string of the molecule is CC1CCN(c2cccc(CN=[N+]=[N-])n2)CC1. The van der Waals surface area contributed by atoms with Gasteiger partial charge < -0.3 is 4.90 Å². The number of rotatable bonds is 3. The van der Waals surface area contributed by atoms with E-state index in [4.69, 9.17) is 5.53 Å². The van der Waals surface area contributed by atoms with Crippen molar-refractivity contribution in [2.24, 2.45) is 11.0 Å². The molecule has 17 heavy (non-hydrogen) atoms. The second kappa shape index (κ2) is 5.55. The quantitative estimate of drug-likeness (QED) is 0.455. The molecule has 5 nitrogen and oxygen atoms in total. The predicted octanol–water partition coefficient (Wildman–Crippen LogP) is 3.13. The Labute approximate surface area is 101 Å². The van der Waals surface area contributed by atoms with Crippen LogP contribution in [0.1, 0.15) is 25.5 Å². The van der Waals surface area contributed by atoms with Crippen LogP contribution in [0.25, 0.3) is 10.4 Å². The van der Waals surface area contributed by atoms with Crippen LogP contribution in [0, 0.1) is 5.92 Å². The zero-order chi connectivity index (χ0) is 12.1. The van der Waals surface area contributed by atoms with Crippen LogP contribution in [0.5, 0.6) is 0 Å². The Morgan fingerprint density at radius 2 is 2.24 bits per heavy atom. The van der Waals surface area contributed by atoms with Crippen LogP contribution in [0.15, 0.2) is 23.3 Å². The molecule has 2 heterocycles. The van der Waals surface area contributed by atoms with Gasteiger partial charge in [0.15, 0.2) is 0 Å². The fourth-order valence-corrected chi connectivity index (χ4v) is 2.07. The molecular weight excluding hydrogens is 214 g/mol. The lowest BCUT2D eigenvalue weighted by Gasteiger charge is -2.31. The van der Waals surface area contributed by atoms with Crippen molar-refractivity contribution in [1.29, 1.82) is 0 Å². The summed E-state index contributed by atoms with van der Waals surface area (Å²) < 4.78 is 0. The van der Waals surface area contributed by atoms with Gasteiger partial charge in [0, 0.05) is 23.7 Å². The highest BCUT2D eigenvalue weighted by Gasteiger charge is 2.16. The number of nitrogens with zero attached hydrogens (tertiary/aromatic N) is 5. The average molecular weight is 231 g/mol. The summed E-state index contributed by atoms with van der Waals surface area (Å²) in [5.41, 5.74) is 9.13. The van der Waals surface area contributed by atoms with E-state index < -0.39 is 0 Å². The molecule has 90 valence electrons. The predicted molar refractivity (Wildman–Crippen MR) is 67.7 cm³/mol. The Morgan fingerprint density at radius 3 is 2.94 bits per heavy atom. The summed E-state index contributed by atoms with van der Waals surface area (Å²) in [4.78, 5) is 9.58. The van der Waals surface area contributed by atoms with Gasteiger partial charge in [-0.15, -0.1) is 0 Å². The lowest BCUT2D eigenvalue weighted by Crippen LogP contribution is -2.33. The van der Waals surface area contributed by atoms with Gasteiger partial charge in [0.25, 0.3) is 0 Å². The first-order valence-corrected chi connectivity index (χ1v) is 6.01. The molecule has 5 heteroatoms. The minimum atomic E-state index is 0.328. The molecule has 1 aliphatic rings. The highest BCUT2D eigenvalue weighted by molar-refractivity contribution is 5.39. The minimum absolute atomic E-state index is 0.328. The molecule has 0 aliphatic carbocycles. The minimum Gasteiger partial charge on any atom is -0.357 e. The van der Waals surface area contributed by atoms with Crippen LogP contribution in [0.3, 0.4) is 0 Å². The number of pyridine rings is 1. The standard InChI is InChI=1S/C12H17N5/c1-10-5-7-17(8-6-10)12-4-2-3-11(15-12)9-14-16-13/h2-4,10H,5-9H2,1H3. The second-order valence-corrected chi connectivity index (χ2v) is 4.55. The van der Waals surface area contributed by atoms with Gasteiger partial charge in [-0.3, -0.25) is 0 Å². The molecule has 1 saturated heterocycles. The molecule has 0 bridgehead atoms. The van der Waals surface area contributed by atoms with Crippen LogP contribution in [-0.4, -0.2) is 18.1 Å². The molecule has 1 aromatic heterocycles. The molecule has 0 atom stereocenters. The van der Waals surface area contributed by atoms with E-state index in [0.717, 1.165) is 30.5 Å². The number of hydrogen-bond donors (Lipinski definition) is 0. The van der Waals surface area contributed by atoms with Gasteiger partial charge in [0.05, 0.1) is 6.54 Å². The fraction of sp³-hybridized carbons (Fsp3) is 0.583. The van der Waals surface area contributed by atoms with Crippen LogP contribution in [0.2, 0.25) is 0 Å². The summed E-state index contributed by atoms with van der Waals surface area (Å²) in [6, 6.07) is 5.89. The maximum atomic E-state index is 8.29. The number of hydrogen-bond acceptors (Lipinski definition) is 3. The molecule has 0 spiro atoms. The molecular formula is C12H17N5. The summed E-state index contributed by atoms with van der Waals surface area (Å²) in [6.45, 7) is 4.76. The zero-order valence-electron chi connectivity index (χ0n) is 10.1. The number of piperidine rings is 1. The zero-order valence-corrected chi connectivity index (χ0v) is 10.1. The number of aromatic nitrogens is 1. The smallest absolute Gasteiger partial charge is 0.128 e. The van der Waals surface area contributed by atoms with E-state index in [0.29, 0.717) is 6.54 Å². The summed E-state index contributed by atoms with van der Waals surface area (Å²) in [6.07, 6.45) is 2.45. The van der Waals surface area contributed by atoms with E-state index >= 15 is 0 Å². The van der Waals surface area contributed by atoms with E-state index in [9.17, 15) is 0 Å². The van der Waals surface area contributed by atoms with Gasteiger partial charge in [0.1, 0.15) is 5.82 Å². The molecule has 0 amide bonds. The van der Waals surface area contributed by atoms with Crippen molar-refractivity contribution in [3.05, 3.63) is 34.3 Å². The van der Waals surface area contributed by atoms with Crippen LogP contribution in [0.4, 0.5) is 5.82 Å². The fourth-order valence-electron chi connectivity index (χ4n) is 2.07. The van der Waals surface area contributed by atoms with Gasteiger partial charge in [-0.1, -0.05) is 18.1 Å². The summed E-state index contributed by atoms with van der Waals surface area (Å²) in [5, 5.41) is 3.54. The molecule has 1 fully saturated rings. The van der Waals surface area contributed by atoms with E-state index in [-0.39, 0.29) is 0 Å². The van der Waals surface area contributed by atoms with Gasteiger partial charge in [-0.2, -0.15) is 0 Å². The molecule has 0 aromatic carbocycles. The summed E-state index contributed by atoms with van der Waals surface area (Å²) >= 11 is 0. The van der Waals surface area contributed by atoms with Gasteiger partial charge in [-0.25, -0.2) is 4.98 Å². The highest BCUT2D eigenvalue weighted by Crippen LogP contribution is 2.21. The van der Waals surface area contributed by atoms with Gasteiger partial charge >= 0.3 is 0 Å². The molecule has 0 unspecified atom stereocenters. The Morgan fingerprint density at radius 1 is 1.47 bits per heavy atom. The molecule has 0 radical (unpaired) electrons. The molecule has 1 aliphatic heterocycles. The Kier molecular flexibility index (Phi) is 3.83. The van der Waals surface area contributed by atoms with Crippen molar-refractivity contribution in [1.82, 2.24) is 4.98 Å². The van der Waals surface area contributed by atoms with Crippen LogP contribution >= 0.6 is 0 Å². The van der Waals surface area contributed by atoms with Crippen molar-refractivity contribution in [3.8, 4) is 0 Å². The maximum absolute atomic E-state index is 8.29. The third-order valence-corrected chi connectivity index (χ3v) is 3.20. The first kappa shape index (κ1) is 11.7. The van der Waals surface area contributed by atoms with Crippen LogP contribution in [-0.2, 0) is 6.54 Å². The number of anilines is 1. The molecule has 2 rings (SSSR count). The van der Waals surface area contributed by atoms with E-state index in [1.807, 2.05) is 18.2 Å². The lowest BCUT2D eigenvalue weighted by molar-refractivity contribution is 0.436. The average Bonchev–Trinajstić information content (AvgIpc) is 2.37. The Hall–Kier alpha value is -1.74. The van der Waals surface area contributed by atoms with E-state index in [2.05, 4.69) is 26.8 Å². The second-order valence-electron chi connectivity index (χ2n) is 4.55. The van der Waals surface area contributed by atoms with Crippen molar-refractivity contribution in [3.63, 3.8) is 0 Å². The van der Waals surface area contributed by atoms with Crippen molar-refractivity contribution in [2.75, 3.05) is 18.0 Å².